The van der Waals surface area contributed by atoms with Gasteiger partial charge in [0.2, 0.25) is 0 Å². The number of aromatic nitrogens is 2. The number of imidazole rings is 1. The van der Waals surface area contributed by atoms with Gasteiger partial charge in [0.15, 0.2) is 0 Å². The lowest BCUT2D eigenvalue weighted by molar-refractivity contribution is -0.140. The smallest absolute Gasteiger partial charge is 0.326 e. The predicted molar refractivity (Wildman–Crippen MR) is 87.7 cm³/mol. The fraction of sp³-hybridized carbons (Fsp3) is 0.222. The van der Waals surface area contributed by atoms with Crippen molar-refractivity contribution < 1.29 is 14.6 Å². The average Bonchev–Trinajstić information content (AvgIpc) is 2.93. The second kappa shape index (κ2) is 6.52. The summed E-state index contributed by atoms with van der Waals surface area (Å²) in [5.41, 5.74) is 1.63. The Morgan fingerprint density at radius 1 is 1.17 bits per heavy atom. The van der Waals surface area contributed by atoms with Gasteiger partial charge < -0.3 is 14.4 Å². The number of carbonyl (C=O) groups is 1. The van der Waals surface area contributed by atoms with Crippen LogP contribution in [0.25, 0.3) is 11.0 Å². The SMILES string of the molecule is CC(C(=O)O)n1c(CCOc2ccccc2)nc2ccccc21. The lowest BCUT2D eigenvalue weighted by atomic mass is 10.2. The van der Waals surface area contributed by atoms with Gasteiger partial charge >= 0.3 is 5.97 Å². The molecule has 1 atom stereocenters. The molecule has 0 aliphatic heterocycles. The maximum Gasteiger partial charge on any atom is 0.326 e. The lowest BCUT2D eigenvalue weighted by Gasteiger charge is -2.14. The van der Waals surface area contributed by atoms with Gasteiger partial charge in [-0.3, -0.25) is 0 Å². The number of carboxylic acid groups (broad SMARTS) is 1. The number of carboxylic acids is 1. The molecule has 0 saturated heterocycles. The number of aliphatic carboxylic acids is 1. The quantitative estimate of drug-likeness (QED) is 0.758. The second-order valence-electron chi connectivity index (χ2n) is 5.31. The molecule has 0 amide bonds. The van der Waals surface area contributed by atoms with Crippen LogP contribution in [0.4, 0.5) is 0 Å². The monoisotopic (exact) mass is 310 g/mol. The van der Waals surface area contributed by atoms with Crippen LogP contribution < -0.4 is 4.74 Å². The minimum absolute atomic E-state index is 0.444. The van der Waals surface area contributed by atoms with Gasteiger partial charge in [-0.05, 0) is 31.2 Å². The highest BCUT2D eigenvalue weighted by molar-refractivity contribution is 5.80. The minimum Gasteiger partial charge on any atom is -0.493 e. The van der Waals surface area contributed by atoms with E-state index in [1.165, 1.54) is 0 Å². The van der Waals surface area contributed by atoms with Gasteiger partial charge in [0, 0.05) is 6.42 Å². The Bertz CT molecular complexity index is 812. The molecular weight excluding hydrogens is 292 g/mol. The van der Waals surface area contributed by atoms with Crippen LogP contribution in [0.1, 0.15) is 18.8 Å². The lowest BCUT2D eigenvalue weighted by Crippen LogP contribution is -2.19. The molecule has 23 heavy (non-hydrogen) atoms. The van der Waals surface area contributed by atoms with Crippen molar-refractivity contribution >= 4 is 17.0 Å². The largest absolute Gasteiger partial charge is 0.493 e. The highest BCUT2D eigenvalue weighted by Crippen LogP contribution is 2.22. The Labute approximate surface area is 134 Å². The van der Waals surface area contributed by atoms with Crippen LogP contribution in [0.15, 0.2) is 54.6 Å². The van der Waals surface area contributed by atoms with E-state index in [1.807, 2.05) is 54.6 Å². The van der Waals surface area contributed by atoms with E-state index in [-0.39, 0.29) is 0 Å². The molecule has 0 bridgehead atoms. The highest BCUT2D eigenvalue weighted by Gasteiger charge is 2.20. The highest BCUT2D eigenvalue weighted by atomic mass is 16.5. The van der Waals surface area contributed by atoms with Crippen LogP contribution in [0.5, 0.6) is 5.75 Å². The summed E-state index contributed by atoms with van der Waals surface area (Å²) in [4.78, 5) is 16.0. The van der Waals surface area contributed by atoms with Crippen LogP contribution in [0.2, 0.25) is 0 Å². The molecule has 3 rings (SSSR count). The van der Waals surface area contributed by atoms with Crippen LogP contribution in [-0.2, 0) is 11.2 Å². The molecule has 5 nitrogen and oxygen atoms in total. The average molecular weight is 310 g/mol. The first-order valence-corrected chi connectivity index (χ1v) is 7.53. The fourth-order valence-electron chi connectivity index (χ4n) is 2.59. The van der Waals surface area contributed by atoms with Crippen molar-refractivity contribution in [1.82, 2.24) is 9.55 Å². The fourth-order valence-corrected chi connectivity index (χ4v) is 2.59. The third-order valence-corrected chi connectivity index (χ3v) is 3.75. The van der Waals surface area contributed by atoms with Crippen molar-refractivity contribution in [1.29, 1.82) is 0 Å². The van der Waals surface area contributed by atoms with Gasteiger partial charge in [-0.1, -0.05) is 30.3 Å². The summed E-state index contributed by atoms with van der Waals surface area (Å²) in [5, 5.41) is 9.36. The van der Waals surface area contributed by atoms with Gasteiger partial charge in [-0.2, -0.15) is 0 Å². The van der Waals surface area contributed by atoms with E-state index in [1.54, 1.807) is 11.5 Å². The van der Waals surface area contributed by atoms with E-state index in [9.17, 15) is 9.90 Å². The molecule has 0 aliphatic rings. The molecule has 2 aromatic carbocycles. The van der Waals surface area contributed by atoms with E-state index in [0.29, 0.717) is 13.0 Å². The standard InChI is InChI=1S/C18H18N2O3/c1-13(18(21)22)20-16-10-6-5-9-15(16)19-17(20)11-12-23-14-7-3-2-4-8-14/h2-10,13H,11-12H2,1H3,(H,21,22). The predicted octanol–water partition coefficient (Wildman–Crippen LogP) is 3.30. The molecule has 0 spiro atoms. The van der Waals surface area contributed by atoms with Crippen LogP contribution >= 0.6 is 0 Å². The van der Waals surface area contributed by atoms with Gasteiger partial charge in [0.1, 0.15) is 17.6 Å². The van der Waals surface area contributed by atoms with E-state index >= 15 is 0 Å². The van der Waals surface area contributed by atoms with Gasteiger partial charge in [-0.15, -0.1) is 0 Å². The van der Waals surface area contributed by atoms with Gasteiger partial charge in [-0.25, -0.2) is 9.78 Å². The molecule has 1 aromatic heterocycles. The van der Waals surface area contributed by atoms with Crippen molar-refractivity contribution in [2.75, 3.05) is 6.61 Å². The van der Waals surface area contributed by atoms with Crippen molar-refractivity contribution in [3.05, 3.63) is 60.4 Å². The summed E-state index contributed by atoms with van der Waals surface area (Å²) in [6.07, 6.45) is 0.543. The van der Waals surface area contributed by atoms with Crippen LogP contribution in [0, 0.1) is 0 Å². The normalized spacial score (nSPS) is 12.2. The molecule has 0 fully saturated rings. The molecule has 1 unspecified atom stereocenters. The minimum atomic E-state index is -0.876. The third kappa shape index (κ3) is 3.18. The summed E-state index contributed by atoms with van der Waals surface area (Å²) in [6.45, 7) is 2.11. The molecule has 1 heterocycles. The maximum absolute atomic E-state index is 11.4. The van der Waals surface area contributed by atoms with E-state index in [0.717, 1.165) is 22.6 Å². The first kappa shape index (κ1) is 15.1. The topological polar surface area (TPSA) is 64.3 Å². The summed E-state index contributed by atoms with van der Waals surface area (Å²) in [7, 11) is 0. The molecule has 0 aliphatic carbocycles. The number of fused-ring (bicyclic) bond motifs is 1. The first-order valence-electron chi connectivity index (χ1n) is 7.53. The Morgan fingerprint density at radius 2 is 1.87 bits per heavy atom. The zero-order valence-corrected chi connectivity index (χ0v) is 12.8. The Balaban J connectivity index is 1.84. The van der Waals surface area contributed by atoms with Gasteiger partial charge in [0.05, 0.1) is 17.6 Å². The summed E-state index contributed by atoms with van der Waals surface area (Å²) < 4.78 is 7.47. The molecule has 118 valence electrons. The Hall–Kier alpha value is -2.82. The number of para-hydroxylation sites is 3. The number of hydrogen-bond acceptors (Lipinski definition) is 3. The number of benzene rings is 2. The Morgan fingerprint density at radius 3 is 2.61 bits per heavy atom. The number of hydrogen-bond donors (Lipinski definition) is 1. The number of rotatable bonds is 6. The molecule has 0 radical (unpaired) electrons. The van der Waals surface area contributed by atoms with Crippen molar-refractivity contribution in [3.63, 3.8) is 0 Å². The maximum atomic E-state index is 11.4. The van der Waals surface area contributed by atoms with Crippen LogP contribution in [0.3, 0.4) is 0 Å². The second-order valence-corrected chi connectivity index (χ2v) is 5.31. The zero-order valence-electron chi connectivity index (χ0n) is 12.8. The number of ether oxygens (including phenoxy) is 1. The molecule has 0 saturated carbocycles. The zero-order chi connectivity index (χ0) is 16.2. The Kier molecular flexibility index (Phi) is 4.28. The van der Waals surface area contributed by atoms with E-state index in [4.69, 9.17) is 4.74 Å². The van der Waals surface area contributed by atoms with E-state index in [2.05, 4.69) is 4.98 Å². The molecular formula is C18H18N2O3. The van der Waals surface area contributed by atoms with E-state index < -0.39 is 12.0 Å². The summed E-state index contributed by atoms with van der Waals surface area (Å²) >= 11 is 0. The first-order chi connectivity index (χ1) is 11.2. The van der Waals surface area contributed by atoms with Gasteiger partial charge in [0.25, 0.3) is 0 Å². The molecule has 1 N–H and O–H groups in total. The summed E-state index contributed by atoms with van der Waals surface area (Å²) in [5.74, 6) is 0.636. The third-order valence-electron chi connectivity index (χ3n) is 3.75. The van der Waals surface area contributed by atoms with Crippen molar-refractivity contribution in [2.45, 2.75) is 19.4 Å². The van der Waals surface area contributed by atoms with Crippen molar-refractivity contribution in [2.24, 2.45) is 0 Å². The number of nitrogens with zero attached hydrogens (tertiary/aromatic N) is 2. The van der Waals surface area contributed by atoms with Crippen molar-refractivity contribution in [3.8, 4) is 5.75 Å². The van der Waals surface area contributed by atoms with Crippen LogP contribution in [-0.4, -0.2) is 27.2 Å². The molecule has 3 aromatic rings. The summed E-state index contributed by atoms with van der Waals surface area (Å²) in [6, 6.07) is 16.4. The molecule has 5 heteroatoms.